The number of amides is 1. The Morgan fingerprint density at radius 2 is 1.84 bits per heavy atom. The third-order valence-corrected chi connectivity index (χ3v) is 4.51. The summed E-state index contributed by atoms with van der Waals surface area (Å²) in [6.45, 7) is 7.11. The Bertz CT molecular complexity index is 699. The Morgan fingerprint density at radius 1 is 1.20 bits per heavy atom. The molecule has 1 aliphatic rings. The lowest BCUT2D eigenvalue weighted by molar-refractivity contribution is -0.127. The number of hydrogen-bond donors (Lipinski definition) is 2. The maximum Gasteiger partial charge on any atom is 0.253 e. The van der Waals surface area contributed by atoms with Gasteiger partial charge in [0.1, 0.15) is 0 Å². The van der Waals surface area contributed by atoms with Crippen LogP contribution in [0.4, 0.5) is 0 Å². The first kappa shape index (κ1) is 19.1. The minimum Gasteiger partial charge on any atom is -0.493 e. The van der Waals surface area contributed by atoms with E-state index in [9.17, 15) is 4.79 Å². The van der Waals surface area contributed by atoms with E-state index in [2.05, 4.69) is 10.6 Å². The number of methoxy groups -OCH3 is 2. The van der Waals surface area contributed by atoms with E-state index >= 15 is 0 Å². The van der Waals surface area contributed by atoms with Crippen LogP contribution in [0.5, 0.6) is 11.5 Å². The van der Waals surface area contributed by atoms with Gasteiger partial charge >= 0.3 is 0 Å². The first-order valence-corrected chi connectivity index (χ1v) is 8.67. The summed E-state index contributed by atoms with van der Waals surface area (Å²) in [5.74, 6) is 1.24. The van der Waals surface area contributed by atoms with Crippen molar-refractivity contribution in [3.05, 3.63) is 35.0 Å². The van der Waals surface area contributed by atoms with E-state index in [1.165, 1.54) is 0 Å². The number of carbonyl (C=O) groups excluding carboxylic acids is 1. The fourth-order valence-electron chi connectivity index (χ4n) is 2.94. The largest absolute Gasteiger partial charge is 0.493 e. The standard InChI is InChI=1S/C18H25N3O3S/c1-6-21(7-2)17(22)15-11(3)19-18(25)20-16(15)12-8-9-13(23-4)14(10-12)24-5/h8-10,16H,6-7H2,1-5H3,(H2,19,20,25)/t16-/m0/s1. The number of ether oxygens (including phenoxy) is 2. The summed E-state index contributed by atoms with van der Waals surface area (Å²) in [5.41, 5.74) is 2.31. The van der Waals surface area contributed by atoms with Crippen molar-refractivity contribution < 1.29 is 14.3 Å². The highest BCUT2D eigenvalue weighted by atomic mass is 32.1. The maximum absolute atomic E-state index is 13.0. The number of benzene rings is 1. The number of nitrogens with zero attached hydrogens (tertiary/aromatic N) is 1. The Labute approximate surface area is 154 Å². The molecule has 1 heterocycles. The molecule has 0 fully saturated rings. The second-order valence-corrected chi connectivity index (χ2v) is 6.07. The van der Waals surface area contributed by atoms with E-state index in [1.807, 2.05) is 39.0 Å². The molecule has 0 unspecified atom stereocenters. The molecule has 0 aliphatic carbocycles. The Morgan fingerprint density at radius 3 is 2.40 bits per heavy atom. The van der Waals surface area contributed by atoms with Crippen LogP contribution in [0.2, 0.25) is 0 Å². The summed E-state index contributed by atoms with van der Waals surface area (Å²) in [6.07, 6.45) is 0. The van der Waals surface area contributed by atoms with Crippen LogP contribution < -0.4 is 20.1 Å². The summed E-state index contributed by atoms with van der Waals surface area (Å²) >= 11 is 5.29. The van der Waals surface area contributed by atoms with Crippen molar-refractivity contribution in [2.45, 2.75) is 26.8 Å². The van der Waals surface area contributed by atoms with Crippen LogP contribution in [0.3, 0.4) is 0 Å². The number of allylic oxidation sites excluding steroid dienone is 1. The number of carbonyl (C=O) groups is 1. The molecule has 7 heteroatoms. The van der Waals surface area contributed by atoms with E-state index in [1.54, 1.807) is 19.1 Å². The molecule has 0 saturated carbocycles. The smallest absolute Gasteiger partial charge is 0.253 e. The fraction of sp³-hybridized carbons (Fsp3) is 0.444. The third kappa shape index (κ3) is 3.87. The third-order valence-electron chi connectivity index (χ3n) is 4.29. The minimum absolute atomic E-state index is 0.00946. The second-order valence-electron chi connectivity index (χ2n) is 5.66. The van der Waals surface area contributed by atoms with E-state index in [4.69, 9.17) is 21.7 Å². The molecule has 0 radical (unpaired) electrons. The molecule has 1 aromatic rings. The van der Waals surface area contributed by atoms with E-state index in [0.717, 1.165) is 11.3 Å². The average Bonchev–Trinajstić information content (AvgIpc) is 2.61. The average molecular weight is 363 g/mol. The summed E-state index contributed by atoms with van der Waals surface area (Å²) < 4.78 is 10.7. The molecule has 6 nitrogen and oxygen atoms in total. The van der Waals surface area contributed by atoms with Gasteiger partial charge in [-0.05, 0) is 50.7 Å². The van der Waals surface area contributed by atoms with Gasteiger partial charge in [-0.3, -0.25) is 4.79 Å². The molecule has 2 N–H and O–H groups in total. The lowest BCUT2D eigenvalue weighted by atomic mass is 9.94. The van der Waals surface area contributed by atoms with Crippen molar-refractivity contribution in [1.29, 1.82) is 0 Å². The van der Waals surface area contributed by atoms with Crippen molar-refractivity contribution >= 4 is 23.2 Å². The Kier molecular flexibility index (Phi) is 6.25. The zero-order chi connectivity index (χ0) is 18.6. The topological polar surface area (TPSA) is 62.8 Å². The van der Waals surface area contributed by atoms with Gasteiger partial charge in [0.05, 0.1) is 25.8 Å². The number of hydrogen-bond acceptors (Lipinski definition) is 4. The molecule has 1 atom stereocenters. The van der Waals surface area contributed by atoms with Gasteiger partial charge in [0.15, 0.2) is 16.6 Å². The summed E-state index contributed by atoms with van der Waals surface area (Å²) in [5, 5.41) is 6.76. The number of thiocarbonyl (C=S) groups is 1. The summed E-state index contributed by atoms with van der Waals surface area (Å²) in [4.78, 5) is 14.8. The molecule has 0 spiro atoms. The van der Waals surface area contributed by atoms with Gasteiger partial charge < -0.3 is 25.0 Å². The molecule has 1 aliphatic heterocycles. The zero-order valence-corrected chi connectivity index (χ0v) is 16.1. The number of rotatable bonds is 6. The van der Waals surface area contributed by atoms with Crippen molar-refractivity contribution in [2.75, 3.05) is 27.3 Å². The van der Waals surface area contributed by atoms with Gasteiger partial charge in [0.2, 0.25) is 0 Å². The zero-order valence-electron chi connectivity index (χ0n) is 15.3. The van der Waals surface area contributed by atoms with Crippen LogP contribution in [0.1, 0.15) is 32.4 Å². The molecular formula is C18H25N3O3S. The Balaban J connectivity index is 2.51. The van der Waals surface area contributed by atoms with Gasteiger partial charge in [-0.2, -0.15) is 0 Å². The summed E-state index contributed by atoms with van der Waals surface area (Å²) in [7, 11) is 3.18. The highest BCUT2D eigenvalue weighted by molar-refractivity contribution is 7.80. The van der Waals surface area contributed by atoms with Crippen molar-refractivity contribution in [3.63, 3.8) is 0 Å². The van der Waals surface area contributed by atoms with Crippen LogP contribution in [0, 0.1) is 0 Å². The molecule has 1 aromatic carbocycles. The van der Waals surface area contributed by atoms with Crippen LogP contribution in [-0.2, 0) is 4.79 Å². The molecule has 0 bridgehead atoms. The van der Waals surface area contributed by atoms with Gasteiger partial charge in [0, 0.05) is 18.8 Å². The van der Waals surface area contributed by atoms with Crippen molar-refractivity contribution in [2.24, 2.45) is 0 Å². The molecule has 2 rings (SSSR count). The highest BCUT2D eigenvalue weighted by Gasteiger charge is 2.32. The first-order valence-electron chi connectivity index (χ1n) is 8.26. The van der Waals surface area contributed by atoms with Gasteiger partial charge in [-0.25, -0.2) is 0 Å². The predicted octanol–water partition coefficient (Wildman–Crippen LogP) is 2.37. The molecular weight excluding hydrogens is 338 g/mol. The van der Waals surface area contributed by atoms with Gasteiger partial charge in [0.25, 0.3) is 5.91 Å². The monoisotopic (exact) mass is 363 g/mol. The number of nitrogens with one attached hydrogen (secondary N) is 2. The minimum atomic E-state index is -0.346. The second kappa shape index (κ2) is 8.20. The quantitative estimate of drug-likeness (QED) is 0.757. The maximum atomic E-state index is 13.0. The fourth-order valence-corrected chi connectivity index (χ4v) is 3.21. The lowest BCUT2D eigenvalue weighted by Crippen LogP contribution is -2.47. The summed E-state index contributed by atoms with van der Waals surface area (Å²) in [6, 6.07) is 5.26. The Hall–Kier alpha value is -2.28. The SMILES string of the molecule is CCN(CC)C(=O)C1=C(C)NC(=S)N[C@H]1c1ccc(OC)c(OC)c1. The van der Waals surface area contributed by atoms with Crippen LogP contribution in [0.15, 0.2) is 29.5 Å². The van der Waals surface area contributed by atoms with Gasteiger partial charge in [-0.15, -0.1) is 0 Å². The van der Waals surface area contributed by atoms with Crippen LogP contribution >= 0.6 is 12.2 Å². The van der Waals surface area contributed by atoms with E-state index in [-0.39, 0.29) is 11.9 Å². The van der Waals surface area contributed by atoms with Crippen LogP contribution in [-0.4, -0.2) is 43.2 Å². The lowest BCUT2D eigenvalue weighted by Gasteiger charge is -2.33. The highest BCUT2D eigenvalue weighted by Crippen LogP contribution is 2.34. The van der Waals surface area contributed by atoms with Gasteiger partial charge in [-0.1, -0.05) is 6.07 Å². The normalized spacial score (nSPS) is 16.8. The molecule has 136 valence electrons. The van der Waals surface area contributed by atoms with Crippen LogP contribution in [0.25, 0.3) is 0 Å². The van der Waals surface area contributed by atoms with Crippen molar-refractivity contribution in [3.8, 4) is 11.5 Å². The van der Waals surface area contributed by atoms with E-state index in [0.29, 0.717) is 35.3 Å². The molecule has 0 saturated heterocycles. The van der Waals surface area contributed by atoms with E-state index < -0.39 is 0 Å². The van der Waals surface area contributed by atoms with Crippen molar-refractivity contribution in [1.82, 2.24) is 15.5 Å². The number of likely N-dealkylation sites (N-methyl/N-ethyl adjacent to an activating group) is 1. The molecule has 25 heavy (non-hydrogen) atoms. The first-order chi connectivity index (χ1) is 12.0. The molecule has 1 amide bonds. The molecule has 0 aromatic heterocycles. The predicted molar refractivity (Wildman–Crippen MR) is 102 cm³/mol.